The Balaban J connectivity index is 1.71. The number of amides is 1. The van der Waals surface area contributed by atoms with Gasteiger partial charge in [0.2, 0.25) is 5.91 Å². The normalized spacial score (nSPS) is 14.8. The number of benzene rings is 1. The first-order valence-electron chi connectivity index (χ1n) is 9.42. The second kappa shape index (κ2) is 10.2. The van der Waals surface area contributed by atoms with Crippen LogP contribution in [0.15, 0.2) is 24.3 Å². The Morgan fingerprint density at radius 3 is 2.38 bits per heavy atom. The van der Waals surface area contributed by atoms with E-state index in [0.29, 0.717) is 12.3 Å². The third-order valence-corrected chi connectivity index (χ3v) is 4.80. The van der Waals surface area contributed by atoms with Gasteiger partial charge in [-0.3, -0.25) is 4.79 Å². The average molecular weight is 332 g/mol. The maximum absolute atomic E-state index is 12.3. The van der Waals surface area contributed by atoms with Crippen molar-refractivity contribution in [3.8, 4) is 5.75 Å². The standard InChI is InChI=1S/C20H32N2O2/c1-3-4-5-6-7-8-13-20(23)22-16-14-21(15-17-22)18-11-9-10-12-19(18)24-2/h9-12H,3-8,13-17H2,1-2H3. The summed E-state index contributed by atoms with van der Waals surface area (Å²) >= 11 is 0. The van der Waals surface area contributed by atoms with E-state index in [9.17, 15) is 4.79 Å². The highest BCUT2D eigenvalue weighted by molar-refractivity contribution is 5.76. The monoisotopic (exact) mass is 332 g/mol. The quantitative estimate of drug-likeness (QED) is 0.638. The van der Waals surface area contributed by atoms with E-state index in [2.05, 4.69) is 17.9 Å². The van der Waals surface area contributed by atoms with Gasteiger partial charge in [0, 0.05) is 32.6 Å². The summed E-state index contributed by atoms with van der Waals surface area (Å²) in [6, 6.07) is 8.11. The summed E-state index contributed by atoms with van der Waals surface area (Å²) in [7, 11) is 1.71. The van der Waals surface area contributed by atoms with Crippen molar-refractivity contribution in [2.45, 2.75) is 51.9 Å². The number of nitrogens with zero attached hydrogens (tertiary/aromatic N) is 2. The number of anilines is 1. The molecule has 0 aromatic heterocycles. The molecule has 1 aromatic rings. The molecule has 1 saturated heterocycles. The van der Waals surface area contributed by atoms with Crippen molar-refractivity contribution < 1.29 is 9.53 Å². The molecular formula is C20H32N2O2. The zero-order chi connectivity index (χ0) is 17.2. The van der Waals surface area contributed by atoms with Crippen LogP contribution in [0.25, 0.3) is 0 Å². The summed E-state index contributed by atoms with van der Waals surface area (Å²) in [6.45, 7) is 5.61. The zero-order valence-electron chi connectivity index (χ0n) is 15.3. The van der Waals surface area contributed by atoms with Gasteiger partial charge in [-0.15, -0.1) is 0 Å². The fourth-order valence-electron chi connectivity index (χ4n) is 3.30. The third kappa shape index (κ3) is 5.43. The van der Waals surface area contributed by atoms with E-state index in [4.69, 9.17) is 4.74 Å². The van der Waals surface area contributed by atoms with Crippen LogP contribution in [0.1, 0.15) is 51.9 Å². The van der Waals surface area contributed by atoms with E-state index in [0.717, 1.165) is 44.0 Å². The zero-order valence-corrected chi connectivity index (χ0v) is 15.3. The van der Waals surface area contributed by atoms with Gasteiger partial charge >= 0.3 is 0 Å². The van der Waals surface area contributed by atoms with E-state index in [1.54, 1.807) is 7.11 Å². The van der Waals surface area contributed by atoms with Gasteiger partial charge in [-0.25, -0.2) is 0 Å². The molecule has 0 bridgehead atoms. The molecule has 24 heavy (non-hydrogen) atoms. The van der Waals surface area contributed by atoms with Crippen molar-refractivity contribution >= 4 is 11.6 Å². The van der Waals surface area contributed by atoms with Crippen molar-refractivity contribution in [3.63, 3.8) is 0 Å². The summed E-state index contributed by atoms with van der Waals surface area (Å²) < 4.78 is 5.44. The Hall–Kier alpha value is -1.71. The lowest BCUT2D eigenvalue weighted by Crippen LogP contribution is -2.48. The highest BCUT2D eigenvalue weighted by Gasteiger charge is 2.22. The lowest BCUT2D eigenvalue weighted by Gasteiger charge is -2.36. The minimum Gasteiger partial charge on any atom is -0.495 e. The molecule has 0 saturated carbocycles. The minimum absolute atomic E-state index is 0.324. The maximum Gasteiger partial charge on any atom is 0.222 e. The molecule has 2 rings (SSSR count). The first-order chi connectivity index (χ1) is 11.8. The first kappa shape index (κ1) is 18.6. The maximum atomic E-state index is 12.3. The Morgan fingerprint density at radius 1 is 1.00 bits per heavy atom. The predicted octanol–water partition coefficient (Wildman–Crippen LogP) is 4.09. The van der Waals surface area contributed by atoms with Gasteiger partial charge in [0.1, 0.15) is 5.75 Å². The molecule has 0 atom stereocenters. The van der Waals surface area contributed by atoms with Crippen LogP contribution in [-0.2, 0) is 4.79 Å². The summed E-state index contributed by atoms with van der Waals surface area (Å²) in [4.78, 5) is 16.7. The van der Waals surface area contributed by atoms with E-state index in [1.165, 1.54) is 32.1 Å². The number of hydrogen-bond donors (Lipinski definition) is 0. The summed E-state index contributed by atoms with van der Waals surface area (Å²) in [5.74, 6) is 1.23. The van der Waals surface area contributed by atoms with E-state index < -0.39 is 0 Å². The fourth-order valence-corrected chi connectivity index (χ4v) is 3.30. The molecule has 0 unspecified atom stereocenters. The Bertz CT molecular complexity index is 496. The van der Waals surface area contributed by atoms with Gasteiger partial charge in [-0.05, 0) is 18.6 Å². The minimum atomic E-state index is 0.324. The number of piperazine rings is 1. The highest BCUT2D eigenvalue weighted by Crippen LogP contribution is 2.28. The molecule has 1 aliphatic rings. The van der Waals surface area contributed by atoms with E-state index >= 15 is 0 Å². The number of hydrogen-bond acceptors (Lipinski definition) is 3. The second-order valence-corrected chi connectivity index (χ2v) is 6.56. The van der Waals surface area contributed by atoms with Crippen LogP contribution in [0, 0.1) is 0 Å². The molecule has 134 valence electrons. The van der Waals surface area contributed by atoms with Crippen LogP contribution in [0.5, 0.6) is 5.75 Å². The second-order valence-electron chi connectivity index (χ2n) is 6.56. The Kier molecular flexibility index (Phi) is 7.93. The molecule has 1 fully saturated rings. The van der Waals surface area contributed by atoms with E-state index in [-0.39, 0.29) is 0 Å². The van der Waals surface area contributed by atoms with Crippen molar-refractivity contribution in [2.24, 2.45) is 0 Å². The number of carbonyl (C=O) groups is 1. The van der Waals surface area contributed by atoms with Crippen LogP contribution in [0.2, 0.25) is 0 Å². The lowest BCUT2D eigenvalue weighted by atomic mass is 10.1. The van der Waals surface area contributed by atoms with Crippen molar-refractivity contribution in [1.29, 1.82) is 0 Å². The topological polar surface area (TPSA) is 32.8 Å². The molecule has 0 radical (unpaired) electrons. The van der Waals surface area contributed by atoms with Crippen LogP contribution in [-0.4, -0.2) is 44.1 Å². The van der Waals surface area contributed by atoms with Crippen LogP contribution in [0.4, 0.5) is 5.69 Å². The van der Waals surface area contributed by atoms with E-state index in [1.807, 2.05) is 23.1 Å². The van der Waals surface area contributed by atoms with Crippen molar-refractivity contribution in [3.05, 3.63) is 24.3 Å². The number of rotatable bonds is 9. The number of ether oxygens (including phenoxy) is 1. The molecule has 1 aliphatic heterocycles. The van der Waals surface area contributed by atoms with Crippen LogP contribution < -0.4 is 9.64 Å². The molecule has 1 aromatic carbocycles. The molecule has 4 heteroatoms. The molecule has 1 heterocycles. The predicted molar refractivity (Wildman–Crippen MR) is 99.8 cm³/mol. The highest BCUT2D eigenvalue weighted by atomic mass is 16.5. The molecular weight excluding hydrogens is 300 g/mol. The number of carbonyl (C=O) groups excluding carboxylic acids is 1. The number of para-hydroxylation sites is 2. The number of methoxy groups -OCH3 is 1. The molecule has 1 amide bonds. The van der Waals surface area contributed by atoms with Gasteiger partial charge < -0.3 is 14.5 Å². The van der Waals surface area contributed by atoms with Crippen molar-refractivity contribution in [2.75, 3.05) is 38.2 Å². The van der Waals surface area contributed by atoms with Gasteiger partial charge in [0.15, 0.2) is 0 Å². The Labute approximate surface area is 146 Å². The third-order valence-electron chi connectivity index (χ3n) is 4.80. The largest absolute Gasteiger partial charge is 0.495 e. The molecule has 0 spiro atoms. The van der Waals surface area contributed by atoms with Gasteiger partial charge in [-0.2, -0.15) is 0 Å². The Morgan fingerprint density at radius 2 is 1.67 bits per heavy atom. The SMILES string of the molecule is CCCCCCCCC(=O)N1CCN(c2ccccc2OC)CC1. The van der Waals surface area contributed by atoms with Crippen molar-refractivity contribution in [1.82, 2.24) is 4.90 Å². The summed E-state index contributed by atoms with van der Waals surface area (Å²) in [5, 5.41) is 0. The van der Waals surface area contributed by atoms with Crippen LogP contribution >= 0.6 is 0 Å². The molecule has 4 nitrogen and oxygen atoms in total. The molecule has 0 N–H and O–H groups in total. The first-order valence-corrected chi connectivity index (χ1v) is 9.42. The van der Waals surface area contributed by atoms with Crippen LogP contribution in [0.3, 0.4) is 0 Å². The molecule has 0 aliphatic carbocycles. The smallest absolute Gasteiger partial charge is 0.222 e. The van der Waals surface area contributed by atoms with Gasteiger partial charge in [0.05, 0.1) is 12.8 Å². The van der Waals surface area contributed by atoms with Gasteiger partial charge in [-0.1, -0.05) is 51.2 Å². The average Bonchev–Trinajstić information content (AvgIpc) is 2.64. The summed E-state index contributed by atoms with van der Waals surface area (Å²) in [6.07, 6.45) is 8.10. The lowest BCUT2D eigenvalue weighted by molar-refractivity contribution is -0.131. The number of unbranched alkanes of at least 4 members (excludes halogenated alkanes) is 5. The summed E-state index contributed by atoms with van der Waals surface area (Å²) in [5.41, 5.74) is 1.13. The van der Waals surface area contributed by atoms with Gasteiger partial charge in [0.25, 0.3) is 0 Å². The fraction of sp³-hybridized carbons (Fsp3) is 0.650.